The molecule has 2 amide bonds. The lowest BCUT2D eigenvalue weighted by atomic mass is 9.78. The number of amides is 2. The van der Waals surface area contributed by atoms with E-state index in [-0.39, 0.29) is 11.4 Å². The number of thiophene rings is 1. The topological polar surface area (TPSA) is 59.6 Å². The first kappa shape index (κ1) is 19.7. The maximum Gasteiger partial charge on any atom is 0.319 e. The lowest BCUT2D eigenvalue weighted by Crippen LogP contribution is -2.45. The zero-order chi connectivity index (χ0) is 19.0. The molecular weight excluding hydrogens is 360 g/mol. The van der Waals surface area contributed by atoms with Crippen molar-refractivity contribution in [2.24, 2.45) is 0 Å². The maximum atomic E-state index is 12.4. The number of urea groups is 1. The van der Waals surface area contributed by atoms with E-state index in [2.05, 4.69) is 35.1 Å². The number of hydrogen-bond acceptors (Lipinski definition) is 4. The van der Waals surface area contributed by atoms with Gasteiger partial charge in [-0.3, -0.25) is 0 Å². The van der Waals surface area contributed by atoms with Crippen LogP contribution in [0.25, 0.3) is 0 Å². The number of rotatable bonds is 8. The van der Waals surface area contributed by atoms with Crippen LogP contribution < -0.4 is 15.4 Å². The van der Waals surface area contributed by atoms with Gasteiger partial charge >= 0.3 is 6.03 Å². The summed E-state index contributed by atoms with van der Waals surface area (Å²) < 4.78 is 11.2. The SMILES string of the molecule is CCCCOc1ccc(NC(=O)NCC2(c3cccs3)CCOCC2)cc1. The molecular formula is C21H28N2O3S. The number of nitrogens with one attached hydrogen (secondary N) is 2. The summed E-state index contributed by atoms with van der Waals surface area (Å²) in [4.78, 5) is 13.7. The van der Waals surface area contributed by atoms with Crippen molar-refractivity contribution in [3.8, 4) is 5.75 Å². The minimum Gasteiger partial charge on any atom is -0.494 e. The van der Waals surface area contributed by atoms with Crippen molar-refractivity contribution < 1.29 is 14.3 Å². The van der Waals surface area contributed by atoms with Crippen molar-refractivity contribution in [1.29, 1.82) is 0 Å². The number of anilines is 1. The van der Waals surface area contributed by atoms with Crippen LogP contribution in [0.15, 0.2) is 41.8 Å². The summed E-state index contributed by atoms with van der Waals surface area (Å²) in [6, 6.07) is 11.5. The van der Waals surface area contributed by atoms with Crippen LogP contribution in [0.4, 0.5) is 10.5 Å². The Morgan fingerprint density at radius 2 is 2.00 bits per heavy atom. The second kappa shape index (κ2) is 9.76. The molecule has 2 heterocycles. The summed E-state index contributed by atoms with van der Waals surface area (Å²) >= 11 is 1.75. The molecule has 3 rings (SSSR count). The van der Waals surface area contributed by atoms with E-state index in [4.69, 9.17) is 9.47 Å². The van der Waals surface area contributed by atoms with Crippen molar-refractivity contribution in [3.63, 3.8) is 0 Å². The molecule has 0 radical (unpaired) electrons. The molecule has 0 bridgehead atoms. The van der Waals surface area contributed by atoms with Crippen molar-refractivity contribution in [2.45, 2.75) is 38.0 Å². The first-order chi connectivity index (χ1) is 13.2. The van der Waals surface area contributed by atoms with Crippen molar-refractivity contribution >= 4 is 23.1 Å². The predicted octanol–water partition coefficient (Wildman–Crippen LogP) is 4.80. The van der Waals surface area contributed by atoms with Crippen molar-refractivity contribution in [3.05, 3.63) is 46.7 Å². The number of hydrogen-bond donors (Lipinski definition) is 2. The Kier molecular flexibility index (Phi) is 7.12. The summed E-state index contributed by atoms with van der Waals surface area (Å²) in [6.45, 7) is 4.94. The molecule has 1 fully saturated rings. The summed E-state index contributed by atoms with van der Waals surface area (Å²) in [5.74, 6) is 0.827. The Bertz CT molecular complexity index is 695. The molecule has 0 atom stereocenters. The Balaban J connectivity index is 1.52. The highest BCUT2D eigenvalue weighted by molar-refractivity contribution is 7.10. The molecule has 0 spiro atoms. The highest BCUT2D eigenvalue weighted by atomic mass is 32.1. The molecule has 1 aliphatic rings. The van der Waals surface area contributed by atoms with Gasteiger partial charge in [-0.1, -0.05) is 19.4 Å². The average Bonchev–Trinajstić information content (AvgIpc) is 3.24. The zero-order valence-corrected chi connectivity index (χ0v) is 16.6. The standard InChI is InChI=1S/C21H28N2O3S/c1-2-3-12-26-18-8-6-17(7-9-18)23-20(24)22-16-21(10-13-25-14-11-21)19-5-4-15-27-19/h4-9,15H,2-3,10-14,16H2,1H3,(H2,22,23,24). The third kappa shape index (κ3) is 5.47. The molecule has 1 aliphatic heterocycles. The monoisotopic (exact) mass is 388 g/mol. The second-order valence-corrected chi connectivity index (χ2v) is 7.85. The Morgan fingerprint density at radius 1 is 1.22 bits per heavy atom. The van der Waals surface area contributed by atoms with Gasteiger partial charge in [0.15, 0.2) is 0 Å². The lowest BCUT2D eigenvalue weighted by Gasteiger charge is -2.36. The smallest absolute Gasteiger partial charge is 0.319 e. The van der Waals surface area contributed by atoms with Gasteiger partial charge in [0.2, 0.25) is 0 Å². The third-order valence-corrected chi connectivity index (χ3v) is 6.08. The summed E-state index contributed by atoms with van der Waals surface area (Å²) in [5, 5.41) is 8.06. The summed E-state index contributed by atoms with van der Waals surface area (Å²) in [7, 11) is 0. The lowest BCUT2D eigenvalue weighted by molar-refractivity contribution is 0.0521. The van der Waals surface area contributed by atoms with Crippen LogP contribution in [-0.2, 0) is 10.2 Å². The Morgan fingerprint density at radius 3 is 2.67 bits per heavy atom. The molecule has 1 aromatic carbocycles. The van der Waals surface area contributed by atoms with Crippen LogP contribution >= 0.6 is 11.3 Å². The van der Waals surface area contributed by atoms with Gasteiger partial charge in [-0.15, -0.1) is 11.3 Å². The third-order valence-electron chi connectivity index (χ3n) is 4.96. The molecule has 5 nitrogen and oxygen atoms in total. The molecule has 6 heteroatoms. The van der Waals surface area contributed by atoms with E-state index in [1.165, 1.54) is 4.88 Å². The fraction of sp³-hybridized carbons (Fsp3) is 0.476. The van der Waals surface area contributed by atoms with E-state index < -0.39 is 0 Å². The fourth-order valence-corrected chi connectivity index (χ4v) is 4.23. The molecule has 1 aromatic heterocycles. The van der Waals surface area contributed by atoms with Crippen LogP contribution in [0.3, 0.4) is 0 Å². The van der Waals surface area contributed by atoms with Crippen LogP contribution in [0.1, 0.15) is 37.5 Å². The average molecular weight is 389 g/mol. The van der Waals surface area contributed by atoms with Gasteiger partial charge in [-0.25, -0.2) is 4.79 Å². The van der Waals surface area contributed by atoms with Crippen LogP contribution in [-0.4, -0.2) is 32.4 Å². The van der Waals surface area contributed by atoms with E-state index in [0.717, 1.165) is 56.9 Å². The number of benzene rings is 1. The number of ether oxygens (including phenoxy) is 2. The largest absolute Gasteiger partial charge is 0.494 e. The predicted molar refractivity (Wildman–Crippen MR) is 110 cm³/mol. The Hall–Kier alpha value is -2.05. The molecule has 0 saturated carbocycles. The van der Waals surface area contributed by atoms with Gasteiger partial charge in [0, 0.05) is 35.7 Å². The number of unbranched alkanes of at least 4 members (excludes halogenated alkanes) is 1. The number of carbonyl (C=O) groups excluding carboxylic acids is 1. The quantitative estimate of drug-likeness (QED) is 0.639. The van der Waals surface area contributed by atoms with E-state index in [0.29, 0.717) is 6.54 Å². The minimum absolute atomic E-state index is 0.0271. The van der Waals surface area contributed by atoms with E-state index >= 15 is 0 Å². The molecule has 0 unspecified atom stereocenters. The van der Waals surface area contributed by atoms with E-state index in [9.17, 15) is 4.79 Å². The fourth-order valence-electron chi connectivity index (χ4n) is 3.25. The molecule has 2 aromatic rings. The summed E-state index contributed by atoms with van der Waals surface area (Å²) in [5.41, 5.74) is 0.730. The zero-order valence-electron chi connectivity index (χ0n) is 15.8. The van der Waals surface area contributed by atoms with Gasteiger partial charge < -0.3 is 20.1 Å². The van der Waals surface area contributed by atoms with Crippen LogP contribution in [0.2, 0.25) is 0 Å². The number of carbonyl (C=O) groups is 1. The maximum absolute atomic E-state index is 12.4. The second-order valence-electron chi connectivity index (χ2n) is 6.90. The van der Waals surface area contributed by atoms with Gasteiger partial charge in [0.05, 0.1) is 6.61 Å². The minimum atomic E-state index is -0.183. The Labute approximate surface area is 165 Å². The van der Waals surface area contributed by atoms with E-state index in [1.54, 1.807) is 11.3 Å². The van der Waals surface area contributed by atoms with Gasteiger partial charge in [-0.2, -0.15) is 0 Å². The first-order valence-electron chi connectivity index (χ1n) is 9.61. The molecule has 0 aliphatic carbocycles. The van der Waals surface area contributed by atoms with Gasteiger partial charge in [0.1, 0.15) is 5.75 Å². The molecule has 146 valence electrons. The van der Waals surface area contributed by atoms with Crippen molar-refractivity contribution in [2.75, 3.05) is 31.7 Å². The van der Waals surface area contributed by atoms with Crippen LogP contribution in [0.5, 0.6) is 5.75 Å². The van der Waals surface area contributed by atoms with Gasteiger partial charge in [-0.05, 0) is 55.0 Å². The molecule has 1 saturated heterocycles. The molecule has 27 heavy (non-hydrogen) atoms. The van der Waals surface area contributed by atoms with E-state index in [1.807, 2.05) is 24.3 Å². The molecule has 2 N–H and O–H groups in total. The normalized spacial score (nSPS) is 15.9. The highest BCUT2D eigenvalue weighted by Crippen LogP contribution is 2.37. The highest BCUT2D eigenvalue weighted by Gasteiger charge is 2.35. The van der Waals surface area contributed by atoms with Crippen molar-refractivity contribution in [1.82, 2.24) is 5.32 Å². The summed E-state index contributed by atoms with van der Waals surface area (Å²) in [6.07, 6.45) is 4.01. The van der Waals surface area contributed by atoms with Crippen LogP contribution in [0, 0.1) is 0 Å². The van der Waals surface area contributed by atoms with Gasteiger partial charge in [0.25, 0.3) is 0 Å². The first-order valence-corrected chi connectivity index (χ1v) is 10.5.